The molecule has 180 valence electrons. The molecular formula is C29H26BrN5O. The number of aliphatic hydroxyl groups is 1. The molecule has 7 heteroatoms. The van der Waals surface area contributed by atoms with Crippen LogP contribution in [0.4, 0.5) is 0 Å². The molecule has 0 amide bonds. The Morgan fingerprint density at radius 2 is 1.78 bits per heavy atom. The van der Waals surface area contributed by atoms with Crippen LogP contribution in [-0.4, -0.2) is 30.3 Å². The predicted octanol–water partition coefficient (Wildman–Crippen LogP) is 5.77. The quantitative estimate of drug-likeness (QED) is 0.302. The maximum absolute atomic E-state index is 10.8. The van der Waals surface area contributed by atoms with Crippen molar-refractivity contribution in [3.05, 3.63) is 82.6 Å². The molecule has 0 spiro atoms. The third-order valence-corrected chi connectivity index (χ3v) is 9.10. The minimum atomic E-state index is -0.580. The summed E-state index contributed by atoms with van der Waals surface area (Å²) in [7, 11) is 0. The third kappa shape index (κ3) is 3.19. The average Bonchev–Trinajstić information content (AvgIpc) is 3.51. The number of rotatable bonds is 4. The first kappa shape index (κ1) is 22.1. The van der Waals surface area contributed by atoms with Crippen LogP contribution >= 0.6 is 15.9 Å². The summed E-state index contributed by atoms with van der Waals surface area (Å²) in [5, 5.41) is 16.4. The number of nitrogens with zero attached hydrogens (tertiary/aromatic N) is 4. The van der Waals surface area contributed by atoms with Crippen LogP contribution in [0.25, 0.3) is 39.1 Å². The fourth-order valence-corrected chi connectivity index (χ4v) is 6.17. The van der Waals surface area contributed by atoms with Gasteiger partial charge in [-0.3, -0.25) is 0 Å². The number of aromatic nitrogens is 4. The van der Waals surface area contributed by atoms with Crippen LogP contribution < -0.4 is 5.73 Å². The molecule has 3 N–H and O–H groups in total. The van der Waals surface area contributed by atoms with Crippen molar-refractivity contribution in [2.24, 2.45) is 11.7 Å². The van der Waals surface area contributed by atoms with E-state index in [0.29, 0.717) is 0 Å². The van der Waals surface area contributed by atoms with E-state index >= 15 is 0 Å². The van der Waals surface area contributed by atoms with Gasteiger partial charge in [0.2, 0.25) is 0 Å². The zero-order chi connectivity index (χ0) is 24.7. The fourth-order valence-electron chi connectivity index (χ4n) is 5.82. The van der Waals surface area contributed by atoms with Crippen LogP contribution in [0.1, 0.15) is 36.9 Å². The van der Waals surface area contributed by atoms with Gasteiger partial charge in [-0.2, -0.15) is 9.61 Å². The summed E-state index contributed by atoms with van der Waals surface area (Å²) in [5.74, 6) is 0.144. The van der Waals surface area contributed by atoms with Gasteiger partial charge in [-0.25, -0.2) is 9.97 Å². The van der Waals surface area contributed by atoms with Crippen LogP contribution in [0, 0.1) is 12.8 Å². The second kappa shape index (κ2) is 7.68. The Bertz CT molecular complexity index is 1640. The Balaban J connectivity index is 1.37. The number of benzene rings is 2. The molecule has 2 atom stereocenters. The van der Waals surface area contributed by atoms with Gasteiger partial charge in [0.1, 0.15) is 0 Å². The highest BCUT2D eigenvalue weighted by atomic mass is 79.9. The first-order valence-electron chi connectivity index (χ1n) is 12.4. The van der Waals surface area contributed by atoms with E-state index in [2.05, 4.69) is 68.5 Å². The van der Waals surface area contributed by atoms with Gasteiger partial charge in [0.15, 0.2) is 11.3 Å². The molecule has 2 aliphatic carbocycles. The first-order valence-corrected chi connectivity index (χ1v) is 13.2. The number of nitrogens with two attached hydrogens (primary N) is 1. The largest absolute Gasteiger partial charge is 0.390 e. The van der Waals surface area contributed by atoms with E-state index in [0.717, 1.165) is 80.5 Å². The van der Waals surface area contributed by atoms with Crippen molar-refractivity contribution < 1.29 is 5.11 Å². The fraction of sp³-hybridized carbons (Fsp3) is 0.276. The molecule has 2 fully saturated rings. The summed E-state index contributed by atoms with van der Waals surface area (Å²) in [4.78, 5) is 9.79. The highest BCUT2D eigenvalue weighted by Crippen LogP contribution is 2.60. The first-order chi connectivity index (χ1) is 17.4. The summed E-state index contributed by atoms with van der Waals surface area (Å²) in [6.45, 7) is 1.95. The SMILES string of the molecule is Cc1nn2c(ncc3cc(-c4ccccc4)c(-c4ccc(C5(N)CC5C5(O)CCC5)cc4)nc32)c1Br. The Morgan fingerprint density at radius 1 is 1.03 bits per heavy atom. The van der Waals surface area contributed by atoms with Crippen LogP contribution in [0.15, 0.2) is 71.3 Å². The van der Waals surface area contributed by atoms with Crippen molar-refractivity contribution in [2.45, 2.75) is 43.7 Å². The number of hydrogen-bond acceptors (Lipinski definition) is 5. The van der Waals surface area contributed by atoms with Crippen LogP contribution in [0.2, 0.25) is 0 Å². The molecule has 2 aliphatic rings. The van der Waals surface area contributed by atoms with Gasteiger partial charge in [0.25, 0.3) is 0 Å². The highest BCUT2D eigenvalue weighted by Gasteiger charge is 2.63. The summed E-state index contributed by atoms with van der Waals surface area (Å²) < 4.78 is 2.69. The standard InChI is InChI=1S/C29H26BrN5O/c1-17-24(30)27-32-16-20-14-22(18-6-3-2-4-7-18)25(33-26(20)35(27)34-17)19-8-10-21(11-9-19)29(31)15-23(29)28(36)12-5-13-28/h2-4,6-11,14,16,23,36H,5,12-13,15,31H2,1H3. The lowest BCUT2D eigenvalue weighted by Gasteiger charge is -2.38. The van der Waals surface area contributed by atoms with E-state index in [9.17, 15) is 5.11 Å². The summed E-state index contributed by atoms with van der Waals surface area (Å²) >= 11 is 3.61. The van der Waals surface area contributed by atoms with Crippen molar-refractivity contribution in [2.75, 3.05) is 0 Å². The van der Waals surface area contributed by atoms with Gasteiger partial charge in [-0.15, -0.1) is 0 Å². The second-order valence-electron chi connectivity index (χ2n) is 10.4. The van der Waals surface area contributed by atoms with E-state index in [4.69, 9.17) is 10.7 Å². The molecule has 3 heterocycles. The smallest absolute Gasteiger partial charge is 0.172 e. The van der Waals surface area contributed by atoms with E-state index < -0.39 is 11.1 Å². The normalized spacial score (nSPS) is 22.6. The van der Waals surface area contributed by atoms with Crippen LogP contribution in [0.3, 0.4) is 0 Å². The molecule has 7 rings (SSSR count). The highest BCUT2D eigenvalue weighted by molar-refractivity contribution is 9.10. The Hall–Kier alpha value is -3.13. The molecule has 5 aromatic rings. The van der Waals surface area contributed by atoms with Gasteiger partial charge in [-0.05, 0) is 65.7 Å². The van der Waals surface area contributed by atoms with Crippen molar-refractivity contribution in [3.8, 4) is 22.4 Å². The second-order valence-corrected chi connectivity index (χ2v) is 11.2. The molecule has 0 aliphatic heterocycles. The lowest BCUT2D eigenvalue weighted by molar-refractivity contribution is -0.0591. The van der Waals surface area contributed by atoms with Gasteiger partial charge >= 0.3 is 0 Å². The molecular weight excluding hydrogens is 514 g/mol. The van der Waals surface area contributed by atoms with Crippen LogP contribution in [0.5, 0.6) is 0 Å². The molecule has 0 bridgehead atoms. The third-order valence-electron chi connectivity index (χ3n) is 8.17. The minimum absolute atomic E-state index is 0.144. The Kier molecular flexibility index (Phi) is 4.72. The van der Waals surface area contributed by atoms with E-state index in [1.807, 2.05) is 35.8 Å². The maximum atomic E-state index is 10.8. The minimum Gasteiger partial charge on any atom is -0.390 e. The summed E-state index contributed by atoms with van der Waals surface area (Å²) in [6, 6.07) is 20.9. The molecule has 2 aromatic carbocycles. The van der Waals surface area contributed by atoms with Gasteiger partial charge in [0, 0.05) is 34.2 Å². The monoisotopic (exact) mass is 539 g/mol. The number of halogens is 1. The Morgan fingerprint density at radius 3 is 2.47 bits per heavy atom. The molecule has 36 heavy (non-hydrogen) atoms. The molecule has 6 nitrogen and oxygen atoms in total. The number of fused-ring (bicyclic) bond motifs is 3. The van der Waals surface area contributed by atoms with Crippen molar-refractivity contribution in [3.63, 3.8) is 0 Å². The van der Waals surface area contributed by atoms with E-state index in [1.165, 1.54) is 0 Å². The van der Waals surface area contributed by atoms with Gasteiger partial charge in [-0.1, -0.05) is 54.6 Å². The average molecular weight is 540 g/mol. The topological polar surface area (TPSA) is 89.3 Å². The molecule has 2 unspecified atom stereocenters. The predicted molar refractivity (Wildman–Crippen MR) is 144 cm³/mol. The molecule has 3 aromatic heterocycles. The Labute approximate surface area is 217 Å². The molecule has 0 saturated heterocycles. The van der Waals surface area contributed by atoms with Gasteiger partial charge in [0.05, 0.1) is 21.5 Å². The van der Waals surface area contributed by atoms with Gasteiger partial charge < -0.3 is 10.8 Å². The lowest BCUT2D eigenvalue weighted by Crippen LogP contribution is -2.43. The van der Waals surface area contributed by atoms with Crippen molar-refractivity contribution in [1.29, 1.82) is 0 Å². The zero-order valence-corrected chi connectivity index (χ0v) is 21.5. The molecule has 0 radical (unpaired) electrons. The summed E-state index contributed by atoms with van der Waals surface area (Å²) in [6.07, 6.45) is 5.52. The zero-order valence-electron chi connectivity index (χ0n) is 19.9. The summed E-state index contributed by atoms with van der Waals surface area (Å²) in [5.41, 5.74) is 13.2. The molecule has 2 saturated carbocycles. The maximum Gasteiger partial charge on any atom is 0.172 e. The van der Waals surface area contributed by atoms with Crippen molar-refractivity contribution in [1.82, 2.24) is 19.6 Å². The van der Waals surface area contributed by atoms with Crippen molar-refractivity contribution >= 4 is 32.6 Å². The number of aryl methyl sites for hydroxylation is 1. The number of hydrogen-bond donors (Lipinski definition) is 2. The van der Waals surface area contributed by atoms with E-state index in [1.54, 1.807) is 0 Å². The number of pyridine rings is 1. The van der Waals surface area contributed by atoms with E-state index in [-0.39, 0.29) is 5.92 Å². The lowest BCUT2D eigenvalue weighted by atomic mass is 9.74. The van der Waals surface area contributed by atoms with Crippen LogP contribution in [-0.2, 0) is 5.54 Å².